The van der Waals surface area contributed by atoms with Crippen LogP contribution >= 0.6 is 0 Å². The molecule has 2 heterocycles. The van der Waals surface area contributed by atoms with Crippen molar-refractivity contribution in [3.05, 3.63) is 41.6 Å². The van der Waals surface area contributed by atoms with Crippen molar-refractivity contribution in [1.82, 2.24) is 9.78 Å². The SMILES string of the molecule is Cc1cc2n(n1)-c1ccccc1C(C)O2. The van der Waals surface area contributed by atoms with Crippen molar-refractivity contribution in [2.75, 3.05) is 0 Å². The Morgan fingerprint density at radius 3 is 3.00 bits per heavy atom. The summed E-state index contributed by atoms with van der Waals surface area (Å²) in [6.07, 6.45) is 0.102. The van der Waals surface area contributed by atoms with Gasteiger partial charge in [0.05, 0.1) is 11.4 Å². The van der Waals surface area contributed by atoms with Crippen LogP contribution in [0, 0.1) is 6.92 Å². The van der Waals surface area contributed by atoms with Gasteiger partial charge >= 0.3 is 0 Å². The van der Waals surface area contributed by atoms with Crippen LogP contribution in [0.1, 0.15) is 24.3 Å². The second kappa shape index (κ2) is 2.86. The summed E-state index contributed by atoms with van der Waals surface area (Å²) in [5.74, 6) is 0.832. The molecule has 0 amide bonds. The lowest BCUT2D eigenvalue weighted by Gasteiger charge is -2.24. The molecule has 1 atom stereocenters. The highest BCUT2D eigenvalue weighted by Crippen LogP contribution is 2.34. The summed E-state index contributed by atoms with van der Waals surface area (Å²) in [7, 11) is 0. The van der Waals surface area contributed by atoms with Crippen LogP contribution in [-0.2, 0) is 0 Å². The molecule has 1 aliphatic rings. The van der Waals surface area contributed by atoms with Gasteiger partial charge in [0, 0.05) is 11.6 Å². The minimum absolute atomic E-state index is 0.102. The highest BCUT2D eigenvalue weighted by atomic mass is 16.5. The molecular formula is C12H12N2O. The van der Waals surface area contributed by atoms with E-state index in [9.17, 15) is 0 Å². The van der Waals surface area contributed by atoms with E-state index >= 15 is 0 Å². The Bertz CT molecular complexity index is 516. The molecule has 76 valence electrons. The first-order valence-corrected chi connectivity index (χ1v) is 5.08. The van der Waals surface area contributed by atoms with E-state index in [2.05, 4.69) is 24.2 Å². The van der Waals surface area contributed by atoms with Gasteiger partial charge in [0.2, 0.25) is 5.88 Å². The van der Waals surface area contributed by atoms with Gasteiger partial charge < -0.3 is 4.74 Å². The van der Waals surface area contributed by atoms with Crippen LogP contribution in [0.4, 0.5) is 0 Å². The molecule has 0 aliphatic carbocycles. The number of hydrogen-bond donors (Lipinski definition) is 0. The van der Waals surface area contributed by atoms with E-state index in [0.29, 0.717) is 0 Å². The summed E-state index contributed by atoms with van der Waals surface area (Å²) >= 11 is 0. The molecule has 3 heteroatoms. The highest BCUT2D eigenvalue weighted by molar-refractivity contribution is 5.47. The zero-order valence-corrected chi connectivity index (χ0v) is 8.77. The summed E-state index contributed by atoms with van der Waals surface area (Å²) in [5.41, 5.74) is 3.29. The maximum absolute atomic E-state index is 5.78. The Kier molecular flexibility index (Phi) is 1.63. The van der Waals surface area contributed by atoms with Crippen molar-refractivity contribution < 1.29 is 4.74 Å². The fourth-order valence-electron chi connectivity index (χ4n) is 2.00. The van der Waals surface area contributed by atoms with Crippen LogP contribution in [0.3, 0.4) is 0 Å². The van der Waals surface area contributed by atoms with Gasteiger partial charge in [0.1, 0.15) is 6.10 Å². The summed E-state index contributed by atoms with van der Waals surface area (Å²) in [5, 5.41) is 4.42. The molecule has 1 unspecified atom stereocenters. The number of hydrogen-bond acceptors (Lipinski definition) is 2. The second-order valence-corrected chi connectivity index (χ2v) is 3.85. The summed E-state index contributed by atoms with van der Waals surface area (Å²) < 4.78 is 7.65. The minimum Gasteiger partial charge on any atom is -0.470 e. The predicted octanol–water partition coefficient (Wildman–Crippen LogP) is 2.63. The third kappa shape index (κ3) is 1.16. The number of benzene rings is 1. The molecule has 1 aromatic heterocycles. The third-order valence-corrected chi connectivity index (χ3v) is 2.70. The second-order valence-electron chi connectivity index (χ2n) is 3.85. The number of para-hydroxylation sites is 1. The third-order valence-electron chi connectivity index (χ3n) is 2.70. The Balaban J connectivity index is 2.29. The van der Waals surface area contributed by atoms with Crippen molar-refractivity contribution in [3.8, 4) is 11.6 Å². The lowest BCUT2D eigenvalue weighted by Crippen LogP contribution is -2.16. The van der Waals surface area contributed by atoms with Crippen molar-refractivity contribution in [1.29, 1.82) is 0 Å². The quantitative estimate of drug-likeness (QED) is 0.653. The summed E-state index contributed by atoms with van der Waals surface area (Å²) in [6.45, 7) is 4.03. The van der Waals surface area contributed by atoms with Crippen molar-refractivity contribution >= 4 is 0 Å². The average Bonchev–Trinajstić information content (AvgIpc) is 2.59. The van der Waals surface area contributed by atoms with Gasteiger partial charge in [0.25, 0.3) is 0 Å². The Labute approximate surface area is 88.3 Å². The van der Waals surface area contributed by atoms with E-state index < -0.39 is 0 Å². The molecule has 1 aliphatic heterocycles. The smallest absolute Gasteiger partial charge is 0.217 e. The molecule has 15 heavy (non-hydrogen) atoms. The lowest BCUT2D eigenvalue weighted by atomic mass is 10.1. The number of aryl methyl sites for hydroxylation is 1. The molecule has 3 nitrogen and oxygen atoms in total. The van der Waals surface area contributed by atoms with Gasteiger partial charge in [0.15, 0.2) is 0 Å². The average molecular weight is 200 g/mol. The summed E-state index contributed by atoms with van der Waals surface area (Å²) in [6, 6.07) is 10.2. The van der Waals surface area contributed by atoms with Crippen molar-refractivity contribution in [2.45, 2.75) is 20.0 Å². The highest BCUT2D eigenvalue weighted by Gasteiger charge is 2.23. The fourth-order valence-corrected chi connectivity index (χ4v) is 2.00. The number of fused-ring (bicyclic) bond motifs is 3. The van der Waals surface area contributed by atoms with Gasteiger partial charge in [-0.05, 0) is 19.9 Å². The van der Waals surface area contributed by atoms with E-state index in [1.807, 2.05) is 29.8 Å². The van der Waals surface area contributed by atoms with Crippen molar-refractivity contribution in [2.24, 2.45) is 0 Å². The molecule has 1 aromatic carbocycles. The molecule has 0 N–H and O–H groups in total. The molecular weight excluding hydrogens is 188 g/mol. The normalized spacial score (nSPS) is 17.9. The monoisotopic (exact) mass is 200 g/mol. The zero-order valence-electron chi connectivity index (χ0n) is 8.77. The maximum atomic E-state index is 5.78. The predicted molar refractivity (Wildman–Crippen MR) is 57.3 cm³/mol. The number of nitrogens with zero attached hydrogens (tertiary/aromatic N) is 2. The molecule has 0 fully saturated rings. The molecule has 2 aromatic rings. The fraction of sp³-hybridized carbons (Fsp3) is 0.250. The van der Waals surface area contributed by atoms with Gasteiger partial charge in [-0.15, -0.1) is 0 Å². The Morgan fingerprint density at radius 2 is 2.13 bits per heavy atom. The van der Waals surface area contributed by atoms with Crippen LogP contribution in [-0.4, -0.2) is 9.78 Å². The van der Waals surface area contributed by atoms with Crippen LogP contribution < -0.4 is 4.74 Å². The first kappa shape index (κ1) is 8.53. The minimum atomic E-state index is 0.102. The molecule has 0 bridgehead atoms. The van der Waals surface area contributed by atoms with Gasteiger partial charge in [-0.2, -0.15) is 5.10 Å². The van der Waals surface area contributed by atoms with E-state index in [0.717, 1.165) is 17.3 Å². The van der Waals surface area contributed by atoms with E-state index in [1.165, 1.54) is 5.56 Å². The first-order chi connectivity index (χ1) is 7.25. The number of ether oxygens (including phenoxy) is 1. The topological polar surface area (TPSA) is 27.1 Å². The molecule has 0 saturated heterocycles. The van der Waals surface area contributed by atoms with Crippen LogP contribution in [0.15, 0.2) is 30.3 Å². The van der Waals surface area contributed by atoms with Crippen LogP contribution in [0.2, 0.25) is 0 Å². The molecule has 3 rings (SSSR count). The largest absolute Gasteiger partial charge is 0.470 e. The number of rotatable bonds is 0. The molecule has 0 radical (unpaired) electrons. The van der Waals surface area contributed by atoms with Crippen molar-refractivity contribution in [3.63, 3.8) is 0 Å². The maximum Gasteiger partial charge on any atom is 0.217 e. The molecule has 0 saturated carbocycles. The zero-order chi connectivity index (χ0) is 10.4. The first-order valence-electron chi connectivity index (χ1n) is 5.08. The van der Waals surface area contributed by atoms with Crippen LogP contribution in [0.5, 0.6) is 5.88 Å². The van der Waals surface area contributed by atoms with E-state index in [4.69, 9.17) is 4.74 Å². The Hall–Kier alpha value is -1.77. The standard InChI is InChI=1S/C12H12N2O/c1-8-7-12-14(13-8)11-6-4-3-5-10(11)9(2)15-12/h3-7,9H,1-2H3. The summed E-state index contributed by atoms with van der Waals surface area (Å²) in [4.78, 5) is 0. The van der Waals surface area contributed by atoms with Gasteiger partial charge in [-0.25, -0.2) is 4.68 Å². The van der Waals surface area contributed by atoms with E-state index in [-0.39, 0.29) is 6.10 Å². The van der Waals surface area contributed by atoms with Crippen LogP contribution in [0.25, 0.3) is 5.69 Å². The van der Waals surface area contributed by atoms with Gasteiger partial charge in [-0.3, -0.25) is 0 Å². The molecule has 0 spiro atoms. The Morgan fingerprint density at radius 1 is 1.33 bits per heavy atom. The van der Waals surface area contributed by atoms with Gasteiger partial charge in [-0.1, -0.05) is 18.2 Å². The van der Waals surface area contributed by atoms with E-state index in [1.54, 1.807) is 0 Å². The lowest BCUT2D eigenvalue weighted by molar-refractivity contribution is 0.198. The number of aromatic nitrogens is 2.